The number of anilines is 1. The van der Waals surface area contributed by atoms with Crippen LogP contribution in [-0.4, -0.2) is 24.7 Å². The second-order valence-electron chi connectivity index (χ2n) is 5.07. The molecule has 8 heteroatoms. The Bertz CT molecular complexity index is 802. The van der Waals surface area contributed by atoms with Crippen LogP contribution in [0.4, 0.5) is 18.9 Å². The number of carbonyl (C=O) groups excluding carboxylic acids is 2. The summed E-state index contributed by atoms with van der Waals surface area (Å²) in [5, 5.41) is 5.16. The van der Waals surface area contributed by atoms with E-state index < -0.39 is 23.9 Å². The summed E-state index contributed by atoms with van der Waals surface area (Å²) in [6.07, 6.45) is -3.29. The van der Waals surface area contributed by atoms with Crippen molar-refractivity contribution in [1.82, 2.24) is 5.32 Å². The first-order valence-electron chi connectivity index (χ1n) is 7.45. The van der Waals surface area contributed by atoms with Crippen molar-refractivity contribution in [3.05, 3.63) is 72.3 Å². The van der Waals surface area contributed by atoms with E-state index in [0.29, 0.717) is 0 Å². The van der Waals surface area contributed by atoms with Crippen LogP contribution in [-0.2, 0) is 0 Å². The Labute approximate surface area is 147 Å². The Balaban J connectivity index is 2.12. The van der Waals surface area contributed by atoms with Crippen molar-refractivity contribution in [2.24, 2.45) is 0 Å². The molecule has 2 N–H and O–H groups in total. The topological polar surface area (TPSA) is 67.4 Å². The van der Waals surface area contributed by atoms with Gasteiger partial charge in [0, 0.05) is 12.1 Å². The molecule has 2 aromatic carbocycles. The molecule has 0 bridgehead atoms. The van der Waals surface area contributed by atoms with E-state index >= 15 is 0 Å². The molecule has 0 fully saturated rings. The summed E-state index contributed by atoms with van der Waals surface area (Å²) < 4.78 is 40.2. The summed E-state index contributed by atoms with van der Waals surface area (Å²) in [5.74, 6) is -1.40. The fraction of sp³-hybridized carbons (Fsp3) is 0.111. The van der Waals surface area contributed by atoms with Crippen molar-refractivity contribution in [3.8, 4) is 5.75 Å². The van der Waals surface area contributed by atoms with Crippen molar-refractivity contribution in [1.29, 1.82) is 0 Å². The summed E-state index contributed by atoms with van der Waals surface area (Å²) in [5.41, 5.74) is 0.634. The lowest BCUT2D eigenvalue weighted by Gasteiger charge is -2.12. The van der Waals surface area contributed by atoms with Crippen LogP contribution in [0.2, 0.25) is 0 Å². The Morgan fingerprint density at radius 3 is 2.31 bits per heavy atom. The lowest BCUT2D eigenvalue weighted by atomic mass is 10.1. The zero-order valence-electron chi connectivity index (χ0n) is 13.5. The molecule has 0 radical (unpaired) electrons. The molecule has 26 heavy (non-hydrogen) atoms. The van der Waals surface area contributed by atoms with Gasteiger partial charge in [-0.15, -0.1) is 19.8 Å². The van der Waals surface area contributed by atoms with E-state index in [-0.39, 0.29) is 23.4 Å². The molecule has 5 nitrogen and oxygen atoms in total. The molecule has 0 saturated heterocycles. The zero-order valence-corrected chi connectivity index (χ0v) is 13.5. The fourth-order valence-electron chi connectivity index (χ4n) is 2.05. The maximum atomic E-state index is 12.3. The number of halogens is 3. The lowest BCUT2D eigenvalue weighted by molar-refractivity contribution is -0.274. The number of carbonyl (C=O) groups is 2. The summed E-state index contributed by atoms with van der Waals surface area (Å²) in [6, 6.07) is 10.8. The van der Waals surface area contributed by atoms with E-state index in [1.165, 1.54) is 24.3 Å². The SMILES string of the molecule is C=CCNC(=O)c1ccccc1NC(=O)c1ccc(OC(F)(F)F)cc1. The number of rotatable bonds is 6. The van der Waals surface area contributed by atoms with E-state index in [4.69, 9.17) is 0 Å². The minimum absolute atomic E-state index is 0.112. The summed E-state index contributed by atoms with van der Waals surface area (Å²) in [7, 11) is 0. The minimum Gasteiger partial charge on any atom is -0.406 e. The van der Waals surface area contributed by atoms with Crippen molar-refractivity contribution in [3.63, 3.8) is 0 Å². The molecule has 0 aliphatic rings. The molecular weight excluding hydrogens is 349 g/mol. The first-order valence-corrected chi connectivity index (χ1v) is 7.45. The van der Waals surface area contributed by atoms with Gasteiger partial charge in [0.05, 0.1) is 11.3 Å². The second-order valence-corrected chi connectivity index (χ2v) is 5.07. The number of alkyl halides is 3. The number of para-hydroxylation sites is 1. The lowest BCUT2D eigenvalue weighted by Crippen LogP contribution is -2.25. The number of hydrogen-bond donors (Lipinski definition) is 2. The highest BCUT2D eigenvalue weighted by molar-refractivity contribution is 6.09. The van der Waals surface area contributed by atoms with Gasteiger partial charge >= 0.3 is 6.36 Å². The summed E-state index contributed by atoms with van der Waals surface area (Å²) in [6.45, 7) is 3.77. The smallest absolute Gasteiger partial charge is 0.406 e. The fourth-order valence-corrected chi connectivity index (χ4v) is 2.05. The number of hydrogen-bond acceptors (Lipinski definition) is 3. The van der Waals surface area contributed by atoms with Gasteiger partial charge in [-0.2, -0.15) is 0 Å². The van der Waals surface area contributed by atoms with Gasteiger partial charge in [-0.25, -0.2) is 0 Å². The number of amides is 2. The van der Waals surface area contributed by atoms with Gasteiger partial charge in [0.2, 0.25) is 0 Å². The van der Waals surface area contributed by atoms with E-state index in [1.807, 2.05) is 0 Å². The highest BCUT2D eigenvalue weighted by Gasteiger charge is 2.31. The number of ether oxygens (including phenoxy) is 1. The first-order chi connectivity index (χ1) is 12.3. The Morgan fingerprint density at radius 1 is 1.04 bits per heavy atom. The minimum atomic E-state index is -4.80. The first kappa shape index (κ1) is 19.0. The van der Waals surface area contributed by atoms with Crippen LogP contribution in [0.15, 0.2) is 61.2 Å². The monoisotopic (exact) mass is 364 g/mol. The van der Waals surface area contributed by atoms with Crippen molar-refractivity contribution in [2.75, 3.05) is 11.9 Å². The van der Waals surface area contributed by atoms with Gasteiger partial charge in [0.15, 0.2) is 0 Å². The predicted octanol–water partition coefficient (Wildman–Crippen LogP) is 3.75. The van der Waals surface area contributed by atoms with Crippen LogP contribution < -0.4 is 15.4 Å². The number of benzene rings is 2. The maximum Gasteiger partial charge on any atom is 0.573 e. The second kappa shape index (κ2) is 8.19. The third kappa shape index (κ3) is 5.37. The van der Waals surface area contributed by atoms with Gasteiger partial charge in [-0.3, -0.25) is 9.59 Å². The van der Waals surface area contributed by atoms with Crippen molar-refractivity contribution >= 4 is 17.5 Å². The van der Waals surface area contributed by atoms with Crippen molar-refractivity contribution in [2.45, 2.75) is 6.36 Å². The molecule has 136 valence electrons. The van der Waals surface area contributed by atoms with Gasteiger partial charge in [-0.1, -0.05) is 18.2 Å². The average molecular weight is 364 g/mol. The molecule has 2 rings (SSSR count). The molecule has 0 aliphatic carbocycles. The number of nitrogens with one attached hydrogen (secondary N) is 2. The molecule has 0 atom stereocenters. The largest absolute Gasteiger partial charge is 0.573 e. The van der Waals surface area contributed by atoms with Crippen LogP contribution in [0.5, 0.6) is 5.75 Å². The third-order valence-electron chi connectivity index (χ3n) is 3.18. The standard InChI is InChI=1S/C18H15F3N2O3/c1-2-11-22-17(25)14-5-3-4-6-15(14)23-16(24)12-7-9-13(10-8-12)26-18(19,20)21/h2-10H,1,11H2,(H,22,25)(H,23,24). The van der Waals surface area contributed by atoms with Gasteiger partial charge < -0.3 is 15.4 Å². The van der Waals surface area contributed by atoms with Crippen LogP contribution in [0, 0.1) is 0 Å². The summed E-state index contributed by atoms with van der Waals surface area (Å²) in [4.78, 5) is 24.4. The van der Waals surface area contributed by atoms with E-state index in [9.17, 15) is 22.8 Å². The highest BCUT2D eigenvalue weighted by atomic mass is 19.4. The molecule has 0 heterocycles. The molecule has 0 spiro atoms. The molecule has 0 aromatic heterocycles. The maximum absolute atomic E-state index is 12.3. The Morgan fingerprint density at radius 2 is 1.69 bits per heavy atom. The molecule has 0 aliphatic heterocycles. The quantitative estimate of drug-likeness (QED) is 0.767. The van der Waals surface area contributed by atoms with Crippen LogP contribution in [0.25, 0.3) is 0 Å². The van der Waals surface area contributed by atoms with Gasteiger partial charge in [0.25, 0.3) is 11.8 Å². The Hall–Kier alpha value is -3.29. The Kier molecular flexibility index (Phi) is 6.00. The third-order valence-corrected chi connectivity index (χ3v) is 3.18. The van der Waals surface area contributed by atoms with Crippen molar-refractivity contribution < 1.29 is 27.5 Å². The molecular formula is C18H15F3N2O3. The highest BCUT2D eigenvalue weighted by Crippen LogP contribution is 2.23. The normalized spacial score (nSPS) is 10.7. The van der Waals surface area contributed by atoms with Crippen LogP contribution in [0.1, 0.15) is 20.7 Å². The van der Waals surface area contributed by atoms with E-state index in [0.717, 1.165) is 12.1 Å². The molecule has 2 aromatic rings. The zero-order chi connectivity index (χ0) is 19.2. The van der Waals surface area contributed by atoms with E-state index in [1.54, 1.807) is 18.2 Å². The summed E-state index contributed by atoms with van der Waals surface area (Å²) >= 11 is 0. The molecule has 0 unspecified atom stereocenters. The molecule has 0 saturated carbocycles. The average Bonchev–Trinajstić information content (AvgIpc) is 2.59. The van der Waals surface area contributed by atoms with E-state index in [2.05, 4.69) is 21.9 Å². The predicted molar refractivity (Wildman–Crippen MR) is 90.1 cm³/mol. The van der Waals surface area contributed by atoms with Gasteiger partial charge in [0.1, 0.15) is 5.75 Å². The van der Waals surface area contributed by atoms with Crippen LogP contribution in [0.3, 0.4) is 0 Å². The molecule has 2 amide bonds. The van der Waals surface area contributed by atoms with Gasteiger partial charge in [-0.05, 0) is 36.4 Å². The van der Waals surface area contributed by atoms with Crippen LogP contribution >= 0.6 is 0 Å².